The van der Waals surface area contributed by atoms with Gasteiger partial charge in [-0.05, 0) is 33.6 Å². The molecule has 2 aliphatic heterocycles. The fourth-order valence-corrected chi connectivity index (χ4v) is 2.56. The van der Waals surface area contributed by atoms with Gasteiger partial charge < -0.3 is 24.8 Å². The molecule has 2 saturated heterocycles. The Bertz CT molecular complexity index is 335. The van der Waals surface area contributed by atoms with Gasteiger partial charge in [-0.3, -0.25) is 0 Å². The monoisotopic (exact) mass is 286 g/mol. The maximum absolute atomic E-state index is 11.9. The van der Waals surface area contributed by atoms with E-state index in [2.05, 4.69) is 5.32 Å². The summed E-state index contributed by atoms with van der Waals surface area (Å²) in [6.45, 7) is 7.98. The van der Waals surface area contributed by atoms with Gasteiger partial charge in [-0.1, -0.05) is 0 Å². The highest BCUT2D eigenvalue weighted by atomic mass is 16.6. The van der Waals surface area contributed by atoms with E-state index in [1.165, 1.54) is 0 Å². The predicted octanol–water partition coefficient (Wildman–Crippen LogP) is 0.735. The molecule has 2 N–H and O–H groups in total. The minimum absolute atomic E-state index is 0.0214. The Hall–Kier alpha value is -0.850. The molecule has 2 rings (SSSR count). The van der Waals surface area contributed by atoms with Crippen LogP contribution in [0.1, 0.15) is 33.6 Å². The quantitative estimate of drug-likeness (QED) is 0.783. The minimum atomic E-state index is -0.447. The van der Waals surface area contributed by atoms with Crippen LogP contribution >= 0.6 is 0 Å². The second kappa shape index (κ2) is 6.28. The number of carbonyl (C=O) groups is 1. The van der Waals surface area contributed by atoms with E-state index >= 15 is 0 Å². The summed E-state index contributed by atoms with van der Waals surface area (Å²) in [6, 6.07) is 0.350. The number of hydrogen-bond acceptors (Lipinski definition) is 5. The van der Waals surface area contributed by atoms with Crippen molar-refractivity contribution in [3.05, 3.63) is 0 Å². The molecule has 2 heterocycles. The van der Waals surface area contributed by atoms with Gasteiger partial charge in [0.05, 0.1) is 25.4 Å². The van der Waals surface area contributed by atoms with Gasteiger partial charge in [-0.15, -0.1) is 0 Å². The number of nitrogens with zero attached hydrogens (tertiary/aromatic N) is 1. The zero-order valence-electron chi connectivity index (χ0n) is 12.6. The summed E-state index contributed by atoms with van der Waals surface area (Å²) in [4.78, 5) is 13.7. The Balaban J connectivity index is 1.73. The number of aliphatic hydroxyl groups is 1. The van der Waals surface area contributed by atoms with Gasteiger partial charge in [0, 0.05) is 19.1 Å². The van der Waals surface area contributed by atoms with E-state index in [0.717, 1.165) is 12.8 Å². The SMILES string of the molecule is CC(C)(C)OC(=O)N1CCC(N[C@@H]2COC[C@H]2O)CC1. The van der Waals surface area contributed by atoms with Gasteiger partial charge in [0.1, 0.15) is 5.60 Å². The molecule has 2 aliphatic rings. The number of likely N-dealkylation sites (tertiary alicyclic amines) is 1. The van der Waals surface area contributed by atoms with Gasteiger partial charge in [0.15, 0.2) is 0 Å². The Labute approximate surface area is 120 Å². The van der Waals surface area contributed by atoms with Crippen molar-refractivity contribution in [1.29, 1.82) is 0 Å². The van der Waals surface area contributed by atoms with Crippen LogP contribution < -0.4 is 5.32 Å². The van der Waals surface area contributed by atoms with Crippen molar-refractivity contribution < 1.29 is 19.4 Å². The zero-order chi connectivity index (χ0) is 14.8. The second-order valence-electron chi connectivity index (χ2n) is 6.62. The van der Waals surface area contributed by atoms with E-state index in [4.69, 9.17) is 9.47 Å². The van der Waals surface area contributed by atoms with Crippen molar-refractivity contribution in [2.75, 3.05) is 26.3 Å². The van der Waals surface area contributed by atoms with Crippen molar-refractivity contribution in [3.63, 3.8) is 0 Å². The van der Waals surface area contributed by atoms with E-state index in [0.29, 0.717) is 32.3 Å². The molecule has 0 aliphatic carbocycles. The lowest BCUT2D eigenvalue weighted by Gasteiger charge is -2.35. The standard InChI is InChI=1S/C14H26N2O4/c1-14(2,3)20-13(18)16-6-4-10(5-7-16)15-11-8-19-9-12(11)17/h10-12,15,17H,4-9H2,1-3H3/t11-,12-/m1/s1. The largest absolute Gasteiger partial charge is 0.444 e. The van der Waals surface area contributed by atoms with Gasteiger partial charge in [-0.25, -0.2) is 4.79 Å². The van der Waals surface area contributed by atoms with Crippen molar-refractivity contribution in [2.24, 2.45) is 0 Å². The first-order valence-electron chi connectivity index (χ1n) is 7.35. The maximum Gasteiger partial charge on any atom is 0.410 e. The molecule has 0 aromatic heterocycles. The first kappa shape index (κ1) is 15.5. The summed E-state index contributed by atoms with van der Waals surface area (Å²) in [7, 11) is 0. The molecule has 0 aromatic rings. The molecule has 0 unspecified atom stereocenters. The van der Waals surface area contributed by atoms with Crippen LogP contribution in [0.5, 0.6) is 0 Å². The van der Waals surface area contributed by atoms with Crippen LogP contribution in [0.2, 0.25) is 0 Å². The normalized spacial score (nSPS) is 28.7. The highest BCUT2D eigenvalue weighted by Gasteiger charge is 2.31. The summed E-state index contributed by atoms with van der Waals surface area (Å²) in [5.74, 6) is 0. The fraction of sp³-hybridized carbons (Fsp3) is 0.929. The van der Waals surface area contributed by atoms with Gasteiger partial charge in [0.2, 0.25) is 0 Å². The molecule has 0 aromatic carbocycles. The van der Waals surface area contributed by atoms with Crippen LogP contribution in [-0.4, -0.2) is 66.2 Å². The summed E-state index contributed by atoms with van der Waals surface area (Å²) in [6.07, 6.45) is 1.10. The van der Waals surface area contributed by atoms with Crippen molar-refractivity contribution in [3.8, 4) is 0 Å². The van der Waals surface area contributed by atoms with Crippen molar-refractivity contribution >= 4 is 6.09 Å². The summed E-state index contributed by atoms with van der Waals surface area (Å²) >= 11 is 0. The maximum atomic E-state index is 11.9. The number of nitrogens with one attached hydrogen (secondary N) is 1. The number of hydrogen-bond donors (Lipinski definition) is 2. The van der Waals surface area contributed by atoms with Crippen LogP contribution in [0.15, 0.2) is 0 Å². The average Bonchev–Trinajstić information content (AvgIpc) is 2.74. The highest BCUT2D eigenvalue weighted by Crippen LogP contribution is 2.17. The van der Waals surface area contributed by atoms with Crippen LogP contribution in [-0.2, 0) is 9.47 Å². The number of carbonyl (C=O) groups excluding carboxylic acids is 1. The molecule has 1 amide bonds. The van der Waals surface area contributed by atoms with E-state index in [9.17, 15) is 9.90 Å². The lowest BCUT2D eigenvalue weighted by molar-refractivity contribution is 0.0190. The number of amides is 1. The molecule has 2 fully saturated rings. The van der Waals surface area contributed by atoms with Crippen LogP contribution in [0.25, 0.3) is 0 Å². The third-order valence-corrected chi connectivity index (χ3v) is 3.65. The van der Waals surface area contributed by atoms with Crippen molar-refractivity contribution in [1.82, 2.24) is 10.2 Å². The van der Waals surface area contributed by atoms with Crippen molar-refractivity contribution in [2.45, 2.75) is 57.4 Å². The molecule has 0 spiro atoms. The molecule has 116 valence electrons. The van der Waals surface area contributed by atoms with Gasteiger partial charge in [0.25, 0.3) is 0 Å². The predicted molar refractivity (Wildman–Crippen MR) is 74.6 cm³/mol. The van der Waals surface area contributed by atoms with Crippen LogP contribution in [0, 0.1) is 0 Å². The molecule has 20 heavy (non-hydrogen) atoms. The number of piperidine rings is 1. The first-order valence-corrected chi connectivity index (χ1v) is 7.35. The van der Waals surface area contributed by atoms with E-state index < -0.39 is 11.7 Å². The lowest BCUT2D eigenvalue weighted by Crippen LogP contribution is -2.51. The number of rotatable bonds is 2. The molecule has 6 nitrogen and oxygen atoms in total. The molecule has 0 saturated carbocycles. The molecular formula is C14H26N2O4. The Morgan fingerprint density at radius 3 is 2.45 bits per heavy atom. The fourth-order valence-electron chi connectivity index (χ4n) is 2.56. The first-order chi connectivity index (χ1) is 9.35. The molecule has 0 bridgehead atoms. The van der Waals surface area contributed by atoms with E-state index in [-0.39, 0.29) is 12.1 Å². The minimum Gasteiger partial charge on any atom is -0.444 e. The molecule has 2 atom stereocenters. The zero-order valence-corrected chi connectivity index (χ0v) is 12.6. The lowest BCUT2D eigenvalue weighted by atomic mass is 10.0. The Kier molecular flexibility index (Phi) is 4.88. The number of aliphatic hydroxyl groups excluding tert-OH is 1. The highest BCUT2D eigenvalue weighted by molar-refractivity contribution is 5.68. The number of ether oxygens (including phenoxy) is 2. The topological polar surface area (TPSA) is 71.0 Å². The van der Waals surface area contributed by atoms with E-state index in [1.807, 2.05) is 20.8 Å². The molecular weight excluding hydrogens is 260 g/mol. The average molecular weight is 286 g/mol. The third-order valence-electron chi connectivity index (χ3n) is 3.65. The molecule has 0 radical (unpaired) electrons. The summed E-state index contributed by atoms with van der Waals surface area (Å²) < 4.78 is 10.6. The smallest absolute Gasteiger partial charge is 0.410 e. The van der Waals surface area contributed by atoms with Gasteiger partial charge >= 0.3 is 6.09 Å². The van der Waals surface area contributed by atoms with E-state index in [1.54, 1.807) is 4.90 Å². The van der Waals surface area contributed by atoms with Crippen LogP contribution in [0.4, 0.5) is 4.79 Å². The third kappa shape index (κ3) is 4.33. The van der Waals surface area contributed by atoms with Gasteiger partial charge in [-0.2, -0.15) is 0 Å². The Morgan fingerprint density at radius 2 is 1.95 bits per heavy atom. The second-order valence-corrected chi connectivity index (χ2v) is 6.62. The summed E-state index contributed by atoms with van der Waals surface area (Å²) in [5.41, 5.74) is -0.447. The Morgan fingerprint density at radius 1 is 1.30 bits per heavy atom. The summed E-state index contributed by atoms with van der Waals surface area (Å²) in [5, 5.41) is 13.1. The van der Waals surface area contributed by atoms with Crippen LogP contribution in [0.3, 0.4) is 0 Å². The molecule has 6 heteroatoms.